The quantitative estimate of drug-likeness (QED) is 0.858. The molecule has 0 atom stereocenters. The number of ether oxygens (including phenoxy) is 2. The molecule has 0 spiro atoms. The second kappa shape index (κ2) is 7.20. The lowest BCUT2D eigenvalue weighted by Gasteiger charge is -2.39. The van der Waals surface area contributed by atoms with Gasteiger partial charge < -0.3 is 19.7 Å². The van der Waals surface area contributed by atoms with Gasteiger partial charge in [-0.05, 0) is 17.7 Å². The lowest BCUT2D eigenvalue weighted by atomic mass is 10.0. The maximum atomic E-state index is 12.1. The second-order valence-corrected chi connectivity index (χ2v) is 5.74. The summed E-state index contributed by atoms with van der Waals surface area (Å²) in [5.74, 6) is 1.76. The monoisotopic (exact) mass is 331 g/mol. The van der Waals surface area contributed by atoms with Crippen molar-refractivity contribution in [2.45, 2.75) is 13.1 Å². The van der Waals surface area contributed by atoms with Gasteiger partial charge in [0.05, 0.1) is 14.2 Å². The molecule has 1 fully saturated rings. The van der Waals surface area contributed by atoms with Gasteiger partial charge in [-0.15, -0.1) is 0 Å². The number of amides is 2. The normalized spacial score (nSPS) is 14.2. The molecule has 24 heavy (non-hydrogen) atoms. The maximum Gasteiger partial charge on any atom is 0.317 e. The fourth-order valence-corrected chi connectivity index (χ4v) is 2.72. The Labute approximate surface area is 140 Å². The van der Waals surface area contributed by atoms with Crippen LogP contribution in [0.5, 0.6) is 11.5 Å². The number of carbonyl (C=O) groups excluding carboxylic acids is 1. The zero-order valence-corrected chi connectivity index (χ0v) is 13.8. The third-order valence-corrected chi connectivity index (χ3v) is 4.05. The van der Waals surface area contributed by atoms with Gasteiger partial charge in [0, 0.05) is 32.1 Å². The molecule has 8 heteroatoms. The Hall–Kier alpha value is -2.77. The minimum absolute atomic E-state index is 0.0559. The number of carbonyl (C=O) groups is 1. The lowest BCUT2D eigenvalue weighted by Crippen LogP contribution is -2.54. The van der Waals surface area contributed by atoms with E-state index < -0.39 is 0 Å². The van der Waals surface area contributed by atoms with Gasteiger partial charge in [-0.3, -0.25) is 4.68 Å². The van der Waals surface area contributed by atoms with E-state index in [1.54, 1.807) is 30.1 Å². The van der Waals surface area contributed by atoms with E-state index >= 15 is 0 Å². The van der Waals surface area contributed by atoms with Crippen molar-refractivity contribution >= 4 is 6.03 Å². The highest BCUT2D eigenvalue weighted by Gasteiger charge is 2.30. The molecule has 8 nitrogen and oxygen atoms in total. The maximum absolute atomic E-state index is 12.1. The SMILES string of the molecule is COc1ccc(CNC(=O)N2CC(Cn3cncn3)C2)cc1OC. The van der Waals surface area contributed by atoms with Crippen molar-refractivity contribution in [3.8, 4) is 11.5 Å². The highest BCUT2D eigenvalue weighted by Crippen LogP contribution is 2.27. The minimum Gasteiger partial charge on any atom is -0.493 e. The summed E-state index contributed by atoms with van der Waals surface area (Å²) in [4.78, 5) is 17.9. The van der Waals surface area contributed by atoms with Crippen LogP contribution in [0.2, 0.25) is 0 Å². The topological polar surface area (TPSA) is 81.5 Å². The van der Waals surface area contributed by atoms with Gasteiger partial charge in [-0.1, -0.05) is 6.07 Å². The van der Waals surface area contributed by atoms with Crippen molar-refractivity contribution in [2.24, 2.45) is 5.92 Å². The number of benzene rings is 1. The van der Waals surface area contributed by atoms with Gasteiger partial charge >= 0.3 is 6.03 Å². The van der Waals surface area contributed by atoms with Gasteiger partial charge in [-0.25, -0.2) is 9.78 Å². The Morgan fingerprint density at radius 3 is 2.75 bits per heavy atom. The van der Waals surface area contributed by atoms with Crippen LogP contribution in [-0.2, 0) is 13.1 Å². The van der Waals surface area contributed by atoms with E-state index in [4.69, 9.17) is 9.47 Å². The Morgan fingerprint density at radius 1 is 1.29 bits per heavy atom. The number of hydrogen-bond acceptors (Lipinski definition) is 5. The summed E-state index contributed by atoms with van der Waals surface area (Å²) in [5, 5.41) is 7.00. The zero-order chi connectivity index (χ0) is 16.9. The molecule has 0 bridgehead atoms. The van der Waals surface area contributed by atoms with Crippen LogP contribution in [0.4, 0.5) is 4.79 Å². The number of methoxy groups -OCH3 is 2. The second-order valence-electron chi connectivity index (χ2n) is 5.74. The zero-order valence-electron chi connectivity index (χ0n) is 13.8. The summed E-state index contributed by atoms with van der Waals surface area (Å²) in [6, 6.07) is 5.55. The Morgan fingerprint density at radius 2 is 2.08 bits per heavy atom. The molecule has 0 radical (unpaired) electrons. The summed E-state index contributed by atoms with van der Waals surface area (Å²) in [7, 11) is 3.19. The summed E-state index contributed by atoms with van der Waals surface area (Å²) in [6.45, 7) is 2.71. The minimum atomic E-state index is -0.0559. The van der Waals surface area contributed by atoms with Crippen LogP contribution in [0.3, 0.4) is 0 Å². The number of urea groups is 1. The van der Waals surface area contributed by atoms with Crippen molar-refractivity contribution in [1.29, 1.82) is 0 Å². The number of aromatic nitrogens is 3. The Balaban J connectivity index is 1.45. The van der Waals surface area contributed by atoms with E-state index in [0.29, 0.717) is 24.0 Å². The fourth-order valence-electron chi connectivity index (χ4n) is 2.72. The van der Waals surface area contributed by atoms with Crippen molar-refractivity contribution in [3.63, 3.8) is 0 Å². The van der Waals surface area contributed by atoms with Gasteiger partial charge in [0.15, 0.2) is 11.5 Å². The summed E-state index contributed by atoms with van der Waals surface area (Å²) in [5.41, 5.74) is 0.959. The molecule has 1 aliphatic rings. The first-order valence-electron chi connectivity index (χ1n) is 7.75. The largest absolute Gasteiger partial charge is 0.493 e. The molecule has 1 N–H and O–H groups in total. The number of nitrogens with one attached hydrogen (secondary N) is 1. The predicted octanol–water partition coefficient (Wildman–Crippen LogP) is 1.14. The van der Waals surface area contributed by atoms with Crippen LogP contribution in [0.1, 0.15) is 5.56 Å². The van der Waals surface area contributed by atoms with Crippen molar-refractivity contribution in [3.05, 3.63) is 36.4 Å². The number of hydrogen-bond donors (Lipinski definition) is 1. The molecule has 2 aromatic rings. The molecule has 1 saturated heterocycles. The average Bonchev–Trinajstić information content (AvgIpc) is 3.08. The van der Waals surface area contributed by atoms with Gasteiger partial charge in [0.1, 0.15) is 12.7 Å². The number of rotatable bonds is 6. The first-order valence-corrected chi connectivity index (χ1v) is 7.75. The van der Waals surface area contributed by atoms with E-state index in [2.05, 4.69) is 15.4 Å². The molecule has 0 saturated carbocycles. The van der Waals surface area contributed by atoms with E-state index in [-0.39, 0.29) is 6.03 Å². The molecule has 1 aliphatic heterocycles. The third-order valence-electron chi connectivity index (χ3n) is 4.05. The Kier molecular flexibility index (Phi) is 4.83. The molecule has 0 aliphatic carbocycles. The molecule has 1 aromatic heterocycles. The van der Waals surface area contributed by atoms with E-state index in [1.807, 2.05) is 18.2 Å². The highest BCUT2D eigenvalue weighted by atomic mass is 16.5. The van der Waals surface area contributed by atoms with Crippen LogP contribution < -0.4 is 14.8 Å². The molecule has 0 unspecified atom stereocenters. The molecule has 1 aromatic carbocycles. The molecule has 3 rings (SSSR count). The molecule has 2 amide bonds. The van der Waals surface area contributed by atoms with Gasteiger partial charge in [0.25, 0.3) is 0 Å². The average molecular weight is 331 g/mol. The predicted molar refractivity (Wildman–Crippen MR) is 86.9 cm³/mol. The van der Waals surface area contributed by atoms with E-state index in [1.165, 1.54) is 6.33 Å². The Bertz CT molecular complexity index is 683. The van der Waals surface area contributed by atoms with Crippen LogP contribution in [-0.4, -0.2) is 53.0 Å². The summed E-state index contributed by atoms with van der Waals surface area (Å²) in [6.07, 6.45) is 3.21. The van der Waals surface area contributed by atoms with Crippen LogP contribution in [0.25, 0.3) is 0 Å². The van der Waals surface area contributed by atoms with Crippen LogP contribution in [0, 0.1) is 5.92 Å². The van der Waals surface area contributed by atoms with Gasteiger partial charge in [-0.2, -0.15) is 5.10 Å². The summed E-state index contributed by atoms with van der Waals surface area (Å²) >= 11 is 0. The lowest BCUT2D eigenvalue weighted by molar-refractivity contribution is 0.108. The molecule has 2 heterocycles. The third kappa shape index (κ3) is 3.58. The van der Waals surface area contributed by atoms with Crippen molar-refractivity contribution < 1.29 is 14.3 Å². The smallest absolute Gasteiger partial charge is 0.317 e. The van der Waals surface area contributed by atoms with E-state index in [9.17, 15) is 4.79 Å². The van der Waals surface area contributed by atoms with Crippen molar-refractivity contribution in [2.75, 3.05) is 27.3 Å². The number of likely N-dealkylation sites (tertiary alicyclic amines) is 1. The van der Waals surface area contributed by atoms with Crippen LogP contribution in [0.15, 0.2) is 30.9 Å². The number of nitrogens with zero attached hydrogens (tertiary/aromatic N) is 4. The fraction of sp³-hybridized carbons (Fsp3) is 0.438. The highest BCUT2D eigenvalue weighted by molar-refractivity contribution is 5.75. The first kappa shape index (κ1) is 16.1. The van der Waals surface area contributed by atoms with Gasteiger partial charge in [0.2, 0.25) is 0 Å². The summed E-state index contributed by atoms with van der Waals surface area (Å²) < 4.78 is 12.3. The molecular weight excluding hydrogens is 310 g/mol. The van der Waals surface area contributed by atoms with E-state index in [0.717, 1.165) is 25.2 Å². The first-order chi connectivity index (χ1) is 11.7. The van der Waals surface area contributed by atoms with Crippen molar-refractivity contribution in [1.82, 2.24) is 25.0 Å². The molecule has 128 valence electrons. The standard InChI is InChI=1S/C16H21N5O3/c1-23-14-4-3-12(5-15(14)24-2)6-18-16(22)20-7-13(8-20)9-21-11-17-10-19-21/h3-5,10-11,13H,6-9H2,1-2H3,(H,18,22). The molecular formula is C16H21N5O3. The van der Waals surface area contributed by atoms with Crippen LogP contribution >= 0.6 is 0 Å².